The van der Waals surface area contributed by atoms with Gasteiger partial charge in [0.25, 0.3) is 0 Å². The number of nitrogen functional groups attached to an aromatic ring is 1. The van der Waals surface area contributed by atoms with Gasteiger partial charge in [0.05, 0.1) is 13.7 Å². The van der Waals surface area contributed by atoms with Crippen molar-refractivity contribution in [2.75, 3.05) is 19.5 Å². The number of halogens is 1. The number of methoxy groups -OCH3 is 1. The van der Waals surface area contributed by atoms with Crippen molar-refractivity contribution in [3.8, 4) is 17.3 Å². The zero-order chi connectivity index (χ0) is 19.2. The molecule has 0 spiro atoms. The summed E-state index contributed by atoms with van der Waals surface area (Å²) in [7, 11) is 1.34. The molecule has 2 aromatic heterocycles. The van der Waals surface area contributed by atoms with Crippen molar-refractivity contribution in [1.29, 1.82) is 0 Å². The Kier molecular flexibility index (Phi) is 6.02. The maximum absolute atomic E-state index is 11.9. The Morgan fingerprint density at radius 1 is 1.30 bits per heavy atom. The summed E-state index contributed by atoms with van der Waals surface area (Å²) < 4.78 is 13.2. The first-order valence-corrected chi connectivity index (χ1v) is 8.99. The van der Waals surface area contributed by atoms with E-state index < -0.39 is 5.97 Å². The number of nitrogens with zero attached hydrogens (tertiary/aromatic N) is 4. The van der Waals surface area contributed by atoms with E-state index in [-0.39, 0.29) is 0 Å². The van der Waals surface area contributed by atoms with Gasteiger partial charge in [0.15, 0.2) is 5.82 Å². The summed E-state index contributed by atoms with van der Waals surface area (Å²) in [4.78, 5) is 16.1. The Morgan fingerprint density at radius 2 is 2.15 bits per heavy atom. The Balaban J connectivity index is 1.62. The van der Waals surface area contributed by atoms with Gasteiger partial charge in [-0.1, -0.05) is 22.0 Å². The number of pyridine rings is 1. The fourth-order valence-corrected chi connectivity index (χ4v) is 2.87. The van der Waals surface area contributed by atoms with E-state index in [9.17, 15) is 4.79 Å². The van der Waals surface area contributed by atoms with Gasteiger partial charge in [-0.2, -0.15) is 0 Å². The number of nitrogens with two attached hydrogens (primary N) is 1. The molecule has 0 fully saturated rings. The average molecular weight is 432 g/mol. The van der Waals surface area contributed by atoms with E-state index in [0.717, 1.165) is 4.47 Å². The molecule has 0 bridgehead atoms. The first-order chi connectivity index (χ1) is 13.1. The highest BCUT2D eigenvalue weighted by atomic mass is 79.9. The summed E-state index contributed by atoms with van der Waals surface area (Å²) >= 11 is 3.34. The topological polar surface area (TPSA) is 105 Å². The maximum Gasteiger partial charge on any atom is 0.341 e. The SMILES string of the molecule is COC(=O)c1cc(Br)ccc1OCCCn1cnnc1-c1cccc(N)n1. The minimum atomic E-state index is -0.444. The molecule has 3 rings (SSSR count). The molecule has 0 aliphatic heterocycles. The molecule has 0 unspecified atom stereocenters. The summed E-state index contributed by atoms with van der Waals surface area (Å²) in [6.45, 7) is 1.04. The van der Waals surface area contributed by atoms with Crippen LogP contribution in [0.25, 0.3) is 11.5 Å². The lowest BCUT2D eigenvalue weighted by Crippen LogP contribution is -2.09. The van der Waals surface area contributed by atoms with Crippen LogP contribution >= 0.6 is 15.9 Å². The lowest BCUT2D eigenvalue weighted by molar-refractivity contribution is 0.0596. The van der Waals surface area contributed by atoms with Crippen molar-refractivity contribution in [2.24, 2.45) is 0 Å². The van der Waals surface area contributed by atoms with Crippen molar-refractivity contribution in [2.45, 2.75) is 13.0 Å². The van der Waals surface area contributed by atoms with Crippen LogP contribution in [-0.4, -0.2) is 39.4 Å². The highest BCUT2D eigenvalue weighted by Gasteiger charge is 2.14. The van der Waals surface area contributed by atoms with E-state index in [4.69, 9.17) is 15.2 Å². The van der Waals surface area contributed by atoms with E-state index in [1.807, 2.05) is 22.8 Å². The molecule has 140 valence electrons. The summed E-state index contributed by atoms with van der Waals surface area (Å²) in [5.41, 5.74) is 6.77. The number of esters is 1. The predicted octanol–water partition coefficient (Wildman–Crippen LogP) is 2.94. The summed E-state index contributed by atoms with van der Waals surface area (Å²) in [6, 6.07) is 10.6. The van der Waals surface area contributed by atoms with Crippen LogP contribution in [0, 0.1) is 0 Å². The average Bonchev–Trinajstić information content (AvgIpc) is 3.14. The van der Waals surface area contributed by atoms with Crippen LogP contribution in [0.5, 0.6) is 5.75 Å². The molecule has 1 aromatic carbocycles. The molecule has 0 aliphatic rings. The largest absolute Gasteiger partial charge is 0.493 e. The lowest BCUT2D eigenvalue weighted by atomic mass is 10.2. The van der Waals surface area contributed by atoms with Gasteiger partial charge in [0.2, 0.25) is 0 Å². The van der Waals surface area contributed by atoms with Crippen LogP contribution < -0.4 is 10.5 Å². The molecular formula is C18H18BrN5O3. The van der Waals surface area contributed by atoms with Crippen LogP contribution in [-0.2, 0) is 11.3 Å². The zero-order valence-electron chi connectivity index (χ0n) is 14.6. The van der Waals surface area contributed by atoms with E-state index in [1.165, 1.54) is 7.11 Å². The molecule has 27 heavy (non-hydrogen) atoms. The van der Waals surface area contributed by atoms with E-state index >= 15 is 0 Å². The van der Waals surface area contributed by atoms with E-state index in [1.54, 1.807) is 24.5 Å². The van der Waals surface area contributed by atoms with E-state index in [0.29, 0.717) is 48.2 Å². The lowest BCUT2D eigenvalue weighted by Gasteiger charge is -2.11. The van der Waals surface area contributed by atoms with Gasteiger partial charge in [0, 0.05) is 11.0 Å². The molecule has 0 amide bonds. The van der Waals surface area contributed by atoms with Crippen LogP contribution in [0.1, 0.15) is 16.8 Å². The third-order valence-electron chi connectivity index (χ3n) is 3.76. The normalized spacial score (nSPS) is 10.6. The second-order valence-corrected chi connectivity index (χ2v) is 6.55. The van der Waals surface area contributed by atoms with Gasteiger partial charge in [-0.05, 0) is 36.8 Å². The third kappa shape index (κ3) is 4.62. The molecule has 8 nitrogen and oxygen atoms in total. The molecular weight excluding hydrogens is 414 g/mol. The summed E-state index contributed by atoms with van der Waals surface area (Å²) in [5.74, 6) is 1.10. The fraction of sp³-hybridized carbons (Fsp3) is 0.222. The van der Waals surface area contributed by atoms with Gasteiger partial charge < -0.3 is 19.8 Å². The maximum atomic E-state index is 11.9. The van der Waals surface area contributed by atoms with Crippen LogP contribution in [0.2, 0.25) is 0 Å². The quantitative estimate of drug-likeness (QED) is 0.452. The molecule has 0 atom stereocenters. The minimum Gasteiger partial charge on any atom is -0.493 e. The number of carbonyl (C=O) groups excluding carboxylic acids is 1. The molecule has 0 aliphatic carbocycles. The molecule has 0 radical (unpaired) electrons. The Labute approximate surface area is 164 Å². The van der Waals surface area contributed by atoms with Gasteiger partial charge >= 0.3 is 5.97 Å². The number of aryl methyl sites for hydroxylation is 1. The van der Waals surface area contributed by atoms with Gasteiger partial charge in [-0.25, -0.2) is 9.78 Å². The first-order valence-electron chi connectivity index (χ1n) is 8.20. The number of ether oxygens (including phenoxy) is 2. The Bertz CT molecular complexity index is 944. The van der Waals surface area contributed by atoms with Crippen LogP contribution in [0.4, 0.5) is 5.82 Å². The van der Waals surface area contributed by atoms with Gasteiger partial charge in [-0.3, -0.25) is 0 Å². The number of carbonyl (C=O) groups is 1. The number of hydrogen-bond acceptors (Lipinski definition) is 7. The molecule has 0 saturated carbocycles. The Morgan fingerprint density at radius 3 is 2.93 bits per heavy atom. The number of rotatable bonds is 7. The fourth-order valence-electron chi connectivity index (χ4n) is 2.51. The molecule has 3 aromatic rings. The van der Waals surface area contributed by atoms with Gasteiger partial charge in [0.1, 0.15) is 29.2 Å². The van der Waals surface area contributed by atoms with E-state index in [2.05, 4.69) is 31.1 Å². The molecule has 2 heterocycles. The molecule has 9 heteroatoms. The Hall–Kier alpha value is -2.94. The standard InChI is InChI=1S/C18H18BrN5O3/c1-26-18(25)13-10-12(19)6-7-15(13)27-9-3-8-24-11-21-23-17(24)14-4-2-5-16(20)22-14/h2,4-7,10-11H,3,8-9H2,1H3,(H2,20,22). The van der Waals surface area contributed by atoms with Crippen molar-refractivity contribution in [1.82, 2.24) is 19.7 Å². The second kappa shape index (κ2) is 8.63. The number of anilines is 1. The summed E-state index contributed by atoms with van der Waals surface area (Å²) in [6.07, 6.45) is 2.32. The monoisotopic (exact) mass is 431 g/mol. The van der Waals surface area contributed by atoms with Crippen molar-refractivity contribution < 1.29 is 14.3 Å². The summed E-state index contributed by atoms with van der Waals surface area (Å²) in [5, 5.41) is 8.06. The predicted molar refractivity (Wildman–Crippen MR) is 103 cm³/mol. The molecule has 0 saturated heterocycles. The first kappa shape index (κ1) is 18.8. The highest BCUT2D eigenvalue weighted by molar-refractivity contribution is 9.10. The van der Waals surface area contributed by atoms with Crippen molar-refractivity contribution in [3.63, 3.8) is 0 Å². The molecule has 2 N–H and O–H groups in total. The number of aromatic nitrogens is 4. The minimum absolute atomic E-state index is 0.376. The zero-order valence-corrected chi connectivity index (χ0v) is 16.2. The van der Waals surface area contributed by atoms with Crippen molar-refractivity contribution in [3.05, 3.63) is 52.8 Å². The highest BCUT2D eigenvalue weighted by Crippen LogP contribution is 2.24. The second-order valence-electron chi connectivity index (χ2n) is 5.63. The third-order valence-corrected chi connectivity index (χ3v) is 4.26. The number of hydrogen-bond donors (Lipinski definition) is 1. The number of benzene rings is 1. The van der Waals surface area contributed by atoms with Crippen LogP contribution in [0.3, 0.4) is 0 Å². The van der Waals surface area contributed by atoms with Crippen molar-refractivity contribution >= 4 is 27.7 Å². The van der Waals surface area contributed by atoms with Crippen LogP contribution in [0.15, 0.2) is 47.2 Å². The van der Waals surface area contributed by atoms with Gasteiger partial charge in [-0.15, -0.1) is 10.2 Å². The smallest absolute Gasteiger partial charge is 0.341 e.